The van der Waals surface area contributed by atoms with Gasteiger partial charge in [0.15, 0.2) is 5.96 Å². The molecule has 0 amide bonds. The first-order chi connectivity index (χ1) is 15.8. The zero-order chi connectivity index (χ0) is 22.4. The zero-order valence-corrected chi connectivity index (χ0v) is 20.4. The van der Waals surface area contributed by atoms with E-state index in [-0.39, 0.29) is 0 Å². The van der Waals surface area contributed by atoms with Gasteiger partial charge in [0, 0.05) is 46.5 Å². The monoisotopic (exact) mass is 444 g/mol. The number of piperidine rings is 1. The lowest BCUT2D eigenvalue weighted by Crippen LogP contribution is -2.47. The largest absolute Gasteiger partial charge is 0.385 e. The normalized spacial score (nSPS) is 19.2. The summed E-state index contributed by atoms with van der Waals surface area (Å²) in [6.45, 7) is 10.9. The fourth-order valence-corrected chi connectivity index (χ4v) is 4.58. The quantitative estimate of drug-likeness (QED) is 0.335. The van der Waals surface area contributed by atoms with Crippen LogP contribution in [0, 0.1) is 0 Å². The Hall–Kier alpha value is -1.63. The second-order valence-electron chi connectivity index (χ2n) is 9.08. The predicted molar refractivity (Wildman–Crippen MR) is 132 cm³/mol. The molecule has 2 aliphatic rings. The van der Waals surface area contributed by atoms with E-state index in [0.717, 1.165) is 71.2 Å². The molecule has 0 aromatic heterocycles. The van der Waals surface area contributed by atoms with Crippen LogP contribution < -0.4 is 5.32 Å². The van der Waals surface area contributed by atoms with Crippen molar-refractivity contribution in [1.82, 2.24) is 15.1 Å². The molecule has 0 saturated carbocycles. The SMILES string of the molecule is CCNC(=NCc1ccc(CN2CCCCCC2)cc1)N1CCC(OCCCOC)CC1. The Bertz CT molecular complexity index is 648. The predicted octanol–water partition coefficient (Wildman–Crippen LogP) is 4.05. The van der Waals surface area contributed by atoms with Crippen LogP contribution >= 0.6 is 0 Å². The minimum absolute atomic E-state index is 0.364. The molecule has 6 heteroatoms. The summed E-state index contributed by atoms with van der Waals surface area (Å²) >= 11 is 0. The first kappa shape index (κ1) is 25.0. The van der Waals surface area contributed by atoms with Gasteiger partial charge in [-0.05, 0) is 63.2 Å². The van der Waals surface area contributed by atoms with Crippen LogP contribution in [0.15, 0.2) is 29.3 Å². The molecule has 2 heterocycles. The maximum absolute atomic E-state index is 6.00. The fourth-order valence-electron chi connectivity index (χ4n) is 4.58. The molecule has 0 atom stereocenters. The van der Waals surface area contributed by atoms with Crippen molar-refractivity contribution >= 4 is 5.96 Å². The first-order valence-corrected chi connectivity index (χ1v) is 12.7. The summed E-state index contributed by atoms with van der Waals surface area (Å²) < 4.78 is 11.1. The van der Waals surface area contributed by atoms with Crippen molar-refractivity contribution in [2.24, 2.45) is 4.99 Å². The van der Waals surface area contributed by atoms with Crippen LogP contribution in [-0.4, -0.2) is 74.9 Å². The second-order valence-corrected chi connectivity index (χ2v) is 9.08. The number of likely N-dealkylation sites (tertiary alicyclic amines) is 2. The molecular formula is C26H44N4O2. The number of benzene rings is 1. The van der Waals surface area contributed by atoms with Crippen molar-refractivity contribution in [3.8, 4) is 0 Å². The Morgan fingerprint density at radius 1 is 0.969 bits per heavy atom. The second kappa shape index (κ2) is 14.5. The first-order valence-electron chi connectivity index (χ1n) is 12.7. The van der Waals surface area contributed by atoms with Gasteiger partial charge in [-0.15, -0.1) is 0 Å². The number of aliphatic imine (C=N–C) groups is 1. The van der Waals surface area contributed by atoms with Gasteiger partial charge in [0.05, 0.1) is 12.6 Å². The number of hydrogen-bond acceptors (Lipinski definition) is 4. The van der Waals surface area contributed by atoms with Gasteiger partial charge in [0.1, 0.15) is 0 Å². The van der Waals surface area contributed by atoms with Crippen LogP contribution in [0.3, 0.4) is 0 Å². The Labute approximate surface area is 195 Å². The lowest BCUT2D eigenvalue weighted by atomic mass is 10.1. The van der Waals surface area contributed by atoms with E-state index < -0.39 is 0 Å². The molecule has 0 spiro atoms. The van der Waals surface area contributed by atoms with Crippen molar-refractivity contribution in [2.45, 2.75) is 71.1 Å². The molecule has 2 fully saturated rings. The summed E-state index contributed by atoms with van der Waals surface area (Å²) in [5, 5.41) is 3.48. The van der Waals surface area contributed by atoms with Crippen LogP contribution in [0.1, 0.15) is 63.0 Å². The molecule has 0 radical (unpaired) electrons. The molecule has 3 rings (SSSR count). The Balaban J connectivity index is 1.46. The lowest BCUT2D eigenvalue weighted by molar-refractivity contribution is 0.00990. The highest BCUT2D eigenvalue weighted by molar-refractivity contribution is 5.80. The highest BCUT2D eigenvalue weighted by atomic mass is 16.5. The third-order valence-corrected chi connectivity index (χ3v) is 6.46. The summed E-state index contributed by atoms with van der Waals surface area (Å²) in [6.07, 6.45) is 8.92. The standard InChI is InChI=1S/C26H44N4O2/c1-3-27-26(30-17-13-25(14-18-30)32-20-8-19-31-2)28-21-23-9-11-24(12-10-23)22-29-15-6-4-5-7-16-29/h9-12,25H,3-8,13-22H2,1-2H3,(H,27,28). The third kappa shape index (κ3) is 8.72. The van der Waals surface area contributed by atoms with E-state index in [1.165, 1.54) is 49.9 Å². The van der Waals surface area contributed by atoms with Crippen molar-refractivity contribution in [3.05, 3.63) is 35.4 Å². The molecule has 1 aromatic rings. The number of nitrogens with one attached hydrogen (secondary N) is 1. The topological polar surface area (TPSA) is 49.3 Å². The smallest absolute Gasteiger partial charge is 0.194 e. The van der Waals surface area contributed by atoms with Crippen LogP contribution in [-0.2, 0) is 22.6 Å². The molecule has 1 aromatic carbocycles. The van der Waals surface area contributed by atoms with Gasteiger partial charge in [0.2, 0.25) is 0 Å². The van der Waals surface area contributed by atoms with E-state index in [0.29, 0.717) is 6.10 Å². The van der Waals surface area contributed by atoms with Gasteiger partial charge in [0.25, 0.3) is 0 Å². The fraction of sp³-hybridized carbons (Fsp3) is 0.731. The average Bonchev–Trinajstić information content (AvgIpc) is 3.10. The van der Waals surface area contributed by atoms with Gasteiger partial charge >= 0.3 is 0 Å². The van der Waals surface area contributed by atoms with E-state index in [1.54, 1.807) is 7.11 Å². The van der Waals surface area contributed by atoms with Crippen LogP contribution in [0.25, 0.3) is 0 Å². The molecule has 32 heavy (non-hydrogen) atoms. The van der Waals surface area contributed by atoms with E-state index in [9.17, 15) is 0 Å². The molecule has 0 bridgehead atoms. The van der Waals surface area contributed by atoms with Crippen LogP contribution in [0.4, 0.5) is 0 Å². The molecule has 6 nitrogen and oxygen atoms in total. The number of methoxy groups -OCH3 is 1. The van der Waals surface area contributed by atoms with Crippen molar-refractivity contribution in [1.29, 1.82) is 0 Å². The lowest BCUT2D eigenvalue weighted by Gasteiger charge is -2.34. The van der Waals surface area contributed by atoms with Gasteiger partial charge in [-0.3, -0.25) is 4.90 Å². The van der Waals surface area contributed by atoms with Gasteiger partial charge < -0.3 is 19.7 Å². The van der Waals surface area contributed by atoms with Crippen LogP contribution in [0.5, 0.6) is 0 Å². The van der Waals surface area contributed by atoms with Crippen LogP contribution in [0.2, 0.25) is 0 Å². The molecular weight excluding hydrogens is 400 g/mol. The number of hydrogen-bond donors (Lipinski definition) is 1. The van der Waals surface area contributed by atoms with Crippen molar-refractivity contribution in [3.63, 3.8) is 0 Å². The number of ether oxygens (including phenoxy) is 2. The summed E-state index contributed by atoms with van der Waals surface area (Å²) in [6, 6.07) is 9.07. The minimum Gasteiger partial charge on any atom is -0.385 e. The number of guanidine groups is 1. The van der Waals surface area contributed by atoms with Gasteiger partial charge in [-0.2, -0.15) is 0 Å². The number of nitrogens with zero attached hydrogens (tertiary/aromatic N) is 3. The summed E-state index contributed by atoms with van der Waals surface area (Å²) in [5.41, 5.74) is 2.69. The molecule has 0 unspecified atom stereocenters. The highest BCUT2D eigenvalue weighted by Crippen LogP contribution is 2.16. The Kier molecular flexibility index (Phi) is 11.3. The summed E-state index contributed by atoms with van der Waals surface area (Å²) in [4.78, 5) is 9.93. The maximum Gasteiger partial charge on any atom is 0.194 e. The maximum atomic E-state index is 6.00. The summed E-state index contributed by atoms with van der Waals surface area (Å²) in [5.74, 6) is 1.03. The zero-order valence-electron chi connectivity index (χ0n) is 20.4. The van der Waals surface area contributed by atoms with Crippen molar-refractivity contribution < 1.29 is 9.47 Å². The molecule has 1 N–H and O–H groups in total. The van der Waals surface area contributed by atoms with E-state index in [4.69, 9.17) is 14.5 Å². The van der Waals surface area contributed by atoms with E-state index >= 15 is 0 Å². The number of rotatable bonds is 10. The van der Waals surface area contributed by atoms with Crippen molar-refractivity contribution in [2.75, 3.05) is 53.0 Å². The Morgan fingerprint density at radius 2 is 1.66 bits per heavy atom. The molecule has 180 valence electrons. The van der Waals surface area contributed by atoms with Gasteiger partial charge in [-0.25, -0.2) is 4.99 Å². The third-order valence-electron chi connectivity index (χ3n) is 6.46. The molecule has 2 saturated heterocycles. The van der Waals surface area contributed by atoms with E-state index in [2.05, 4.69) is 46.3 Å². The van der Waals surface area contributed by atoms with E-state index in [1.807, 2.05) is 0 Å². The Morgan fingerprint density at radius 3 is 2.31 bits per heavy atom. The molecule has 2 aliphatic heterocycles. The highest BCUT2D eigenvalue weighted by Gasteiger charge is 2.21. The van der Waals surface area contributed by atoms with Gasteiger partial charge in [-0.1, -0.05) is 37.1 Å². The molecule has 0 aliphatic carbocycles. The minimum atomic E-state index is 0.364. The summed E-state index contributed by atoms with van der Waals surface area (Å²) in [7, 11) is 1.74. The average molecular weight is 445 g/mol.